The number of benzene rings is 1. The minimum absolute atomic E-state index is 0.210. The highest BCUT2D eigenvalue weighted by Gasteiger charge is 2.37. The molecular weight excluding hydrogens is 715 g/mol. The molecule has 7 heterocycles. The van der Waals surface area contributed by atoms with E-state index in [2.05, 4.69) is 60.1 Å². The standard InChI is InChI=1S/C42H53N7O5S/c1-24(52-4)37-30(17-27(21-44-37)25-9-12-47(13-10-25)28-7-8-28)38-31-20-42(2,3)23-54-41(51)33-6-5-11-49(46-33)40(50)32(43)19-36-45-34(22-55-36)26-16-29(31)39-35(18-26)53-15-14-48(38)39/h16-18,21-22,24-25,28,32-33,46H,5-15,19-20,23,43H2,1-4H3/t24-,32-,33-/m0/s1. The number of hydrazine groups is 1. The smallest absolute Gasteiger partial charge is 0.324 e. The number of methoxy groups -OCH3 is 1. The molecule has 0 radical (unpaired) electrons. The number of nitrogens with two attached hydrogens (primary N) is 1. The van der Waals surface area contributed by atoms with Gasteiger partial charge in [-0.2, -0.15) is 0 Å². The number of amides is 1. The maximum absolute atomic E-state index is 13.6. The lowest BCUT2D eigenvalue weighted by Crippen LogP contribution is -2.59. The number of fused-ring (bicyclic) bond motifs is 6. The first kappa shape index (κ1) is 36.7. The summed E-state index contributed by atoms with van der Waals surface area (Å²) >= 11 is 1.50. The zero-order valence-corrected chi connectivity index (χ0v) is 33.3. The molecule has 3 atom stereocenters. The van der Waals surface area contributed by atoms with Crippen molar-refractivity contribution >= 4 is 34.1 Å². The number of ether oxygens (including phenoxy) is 3. The van der Waals surface area contributed by atoms with E-state index in [9.17, 15) is 9.59 Å². The number of carbonyl (C=O) groups excluding carboxylic acids is 2. The van der Waals surface area contributed by atoms with E-state index >= 15 is 0 Å². The second kappa shape index (κ2) is 14.6. The molecule has 6 bridgehead atoms. The summed E-state index contributed by atoms with van der Waals surface area (Å²) in [5.41, 5.74) is 17.6. The molecule has 3 N–H and O–H groups in total. The minimum atomic E-state index is -0.798. The number of nitrogens with one attached hydrogen (secondary N) is 1. The summed E-state index contributed by atoms with van der Waals surface area (Å²) in [5, 5.41) is 5.41. The van der Waals surface area contributed by atoms with Crippen molar-refractivity contribution in [2.45, 2.75) is 109 Å². The molecule has 4 aliphatic heterocycles. The third kappa shape index (κ3) is 7.07. The van der Waals surface area contributed by atoms with Crippen molar-refractivity contribution in [2.24, 2.45) is 11.1 Å². The van der Waals surface area contributed by atoms with Crippen molar-refractivity contribution in [3.63, 3.8) is 0 Å². The summed E-state index contributed by atoms with van der Waals surface area (Å²) in [6, 6.07) is 6.10. The van der Waals surface area contributed by atoms with Gasteiger partial charge in [-0.3, -0.25) is 19.6 Å². The predicted molar refractivity (Wildman–Crippen MR) is 212 cm³/mol. The van der Waals surface area contributed by atoms with Crippen molar-refractivity contribution in [1.29, 1.82) is 0 Å². The average molecular weight is 768 g/mol. The molecule has 292 valence electrons. The van der Waals surface area contributed by atoms with Gasteiger partial charge in [-0.25, -0.2) is 10.4 Å². The monoisotopic (exact) mass is 767 g/mol. The lowest BCUT2D eigenvalue weighted by Gasteiger charge is -2.34. The zero-order chi connectivity index (χ0) is 38.0. The zero-order valence-electron chi connectivity index (χ0n) is 32.4. The molecule has 4 aromatic rings. The second-order valence-electron chi connectivity index (χ2n) is 17.0. The van der Waals surface area contributed by atoms with Crippen LogP contribution in [-0.2, 0) is 38.4 Å². The van der Waals surface area contributed by atoms with Crippen LogP contribution < -0.4 is 15.9 Å². The molecule has 13 heteroatoms. The van der Waals surface area contributed by atoms with Gasteiger partial charge in [-0.15, -0.1) is 11.3 Å². The Morgan fingerprint density at radius 2 is 1.87 bits per heavy atom. The number of carbonyl (C=O) groups is 2. The SMILES string of the molecule is CO[C@@H](C)c1ncc(C2CCN(C3CC3)CC2)cc1-c1c2c3cc(cc4c3n1CCO4)-c1csc(n1)C[C@H](N)C(=O)N1CCC[C@H](N1)C(=O)OCC(C)(C)C2. The molecule has 1 amide bonds. The van der Waals surface area contributed by atoms with Gasteiger partial charge in [0.25, 0.3) is 5.91 Å². The van der Waals surface area contributed by atoms with E-state index < -0.39 is 17.5 Å². The first-order chi connectivity index (χ1) is 26.6. The maximum atomic E-state index is 13.6. The topological polar surface area (TPSA) is 137 Å². The number of cyclic esters (lactones) is 1. The largest absolute Gasteiger partial charge is 0.489 e. The van der Waals surface area contributed by atoms with E-state index in [4.69, 9.17) is 29.9 Å². The molecule has 9 rings (SSSR count). The molecule has 0 spiro atoms. The quantitative estimate of drug-likeness (QED) is 0.241. The number of pyridine rings is 1. The Morgan fingerprint density at radius 3 is 2.65 bits per heavy atom. The van der Waals surface area contributed by atoms with Crippen molar-refractivity contribution in [2.75, 3.05) is 40.0 Å². The molecule has 2 saturated heterocycles. The minimum Gasteiger partial charge on any atom is -0.489 e. The van der Waals surface area contributed by atoms with Gasteiger partial charge in [0.1, 0.15) is 18.4 Å². The number of rotatable bonds is 5. The molecule has 0 unspecified atom stereocenters. The Kier molecular flexibility index (Phi) is 9.73. The van der Waals surface area contributed by atoms with E-state index in [1.54, 1.807) is 7.11 Å². The Balaban J connectivity index is 1.20. The highest BCUT2D eigenvalue weighted by Crippen LogP contribution is 2.47. The van der Waals surface area contributed by atoms with Crippen LogP contribution in [0.25, 0.3) is 33.4 Å². The van der Waals surface area contributed by atoms with Gasteiger partial charge in [0.2, 0.25) is 0 Å². The summed E-state index contributed by atoms with van der Waals surface area (Å²) in [6.07, 6.45) is 9.00. The van der Waals surface area contributed by atoms with E-state index in [0.29, 0.717) is 51.3 Å². The number of likely N-dealkylation sites (tertiary alicyclic amines) is 1. The van der Waals surface area contributed by atoms with Crippen molar-refractivity contribution in [3.05, 3.63) is 51.6 Å². The number of hydrogen-bond donors (Lipinski definition) is 2. The van der Waals surface area contributed by atoms with E-state index in [1.165, 1.54) is 40.3 Å². The Bertz CT molecular complexity index is 2120. The van der Waals surface area contributed by atoms with Crippen LogP contribution in [0.1, 0.15) is 93.1 Å². The van der Waals surface area contributed by atoms with Gasteiger partial charge < -0.3 is 29.4 Å². The average Bonchev–Trinajstić information content (AvgIpc) is 3.88. The molecule has 5 aliphatic rings. The molecule has 55 heavy (non-hydrogen) atoms. The third-order valence-electron chi connectivity index (χ3n) is 12.4. The fourth-order valence-corrected chi connectivity index (χ4v) is 10.00. The Labute approximate surface area is 326 Å². The van der Waals surface area contributed by atoms with Crippen LogP contribution in [0.2, 0.25) is 0 Å². The number of hydrogen-bond acceptors (Lipinski definition) is 11. The summed E-state index contributed by atoms with van der Waals surface area (Å²) in [7, 11) is 1.75. The highest BCUT2D eigenvalue weighted by atomic mass is 32.1. The molecule has 12 nitrogen and oxygen atoms in total. The van der Waals surface area contributed by atoms with E-state index in [-0.39, 0.29) is 24.6 Å². The summed E-state index contributed by atoms with van der Waals surface area (Å²) in [4.78, 5) is 39.9. The fourth-order valence-electron chi connectivity index (χ4n) is 9.14. The van der Waals surface area contributed by atoms with Crippen LogP contribution >= 0.6 is 11.3 Å². The van der Waals surface area contributed by atoms with Crippen LogP contribution in [-0.4, -0.2) is 94.4 Å². The maximum Gasteiger partial charge on any atom is 0.324 e. The summed E-state index contributed by atoms with van der Waals surface area (Å²) < 4.78 is 21.0. The van der Waals surface area contributed by atoms with Gasteiger partial charge in [0.05, 0.1) is 52.9 Å². The van der Waals surface area contributed by atoms with E-state index in [1.807, 2.05) is 5.38 Å². The third-order valence-corrected chi connectivity index (χ3v) is 13.2. The lowest BCUT2D eigenvalue weighted by molar-refractivity contribution is -0.154. The normalized spacial score (nSPS) is 24.3. The van der Waals surface area contributed by atoms with Crippen molar-refractivity contribution in [3.8, 4) is 28.3 Å². The molecule has 3 aromatic heterocycles. The molecule has 1 saturated carbocycles. The second-order valence-corrected chi connectivity index (χ2v) is 18.0. The van der Waals surface area contributed by atoms with Gasteiger partial charge in [-0.05, 0) is 100 Å². The van der Waals surface area contributed by atoms with Gasteiger partial charge in [-0.1, -0.05) is 13.8 Å². The van der Waals surface area contributed by atoms with Crippen LogP contribution in [0, 0.1) is 5.41 Å². The van der Waals surface area contributed by atoms with Crippen molar-refractivity contribution in [1.82, 2.24) is 29.9 Å². The number of nitrogens with zero attached hydrogens (tertiary/aromatic N) is 5. The first-order valence-corrected chi connectivity index (χ1v) is 21.0. The number of piperidine rings is 1. The number of thiazole rings is 1. The number of aromatic nitrogens is 3. The molecule has 1 aromatic carbocycles. The number of esters is 1. The van der Waals surface area contributed by atoms with Crippen LogP contribution in [0.5, 0.6) is 5.75 Å². The van der Waals surface area contributed by atoms with Crippen LogP contribution in [0.15, 0.2) is 29.8 Å². The highest BCUT2D eigenvalue weighted by molar-refractivity contribution is 7.10. The Morgan fingerprint density at radius 1 is 1.05 bits per heavy atom. The van der Waals surface area contributed by atoms with E-state index in [0.717, 1.165) is 81.8 Å². The van der Waals surface area contributed by atoms with Gasteiger partial charge >= 0.3 is 5.97 Å². The summed E-state index contributed by atoms with van der Waals surface area (Å²) in [6.45, 7) is 10.6. The van der Waals surface area contributed by atoms with Gasteiger partial charge in [0, 0.05) is 59.6 Å². The predicted octanol–water partition coefficient (Wildman–Crippen LogP) is 5.76. The summed E-state index contributed by atoms with van der Waals surface area (Å²) in [5.74, 6) is 0.653. The van der Waals surface area contributed by atoms with Crippen LogP contribution in [0.4, 0.5) is 0 Å². The Hall–Kier alpha value is -3.88. The lowest BCUT2D eigenvalue weighted by atomic mass is 9.83. The molecular formula is C42H53N7O5S. The molecule has 1 aliphatic carbocycles. The fraction of sp³-hybridized carbons (Fsp3) is 0.571. The van der Waals surface area contributed by atoms with Gasteiger partial charge in [0.15, 0.2) is 0 Å². The first-order valence-electron chi connectivity index (χ1n) is 20.1. The van der Waals surface area contributed by atoms with Crippen molar-refractivity contribution < 1.29 is 23.8 Å². The molecule has 3 fully saturated rings. The van der Waals surface area contributed by atoms with Crippen LogP contribution in [0.3, 0.4) is 0 Å².